The van der Waals surface area contributed by atoms with Crippen molar-refractivity contribution in [1.82, 2.24) is 10.2 Å². The fraction of sp³-hybridized carbons (Fsp3) is 0.682. The molecule has 2 aliphatic rings. The number of methoxy groups -OCH3 is 1. The van der Waals surface area contributed by atoms with Gasteiger partial charge in [0.2, 0.25) is 0 Å². The molecule has 158 valence electrons. The largest absolute Gasteiger partial charge is 0.495 e. The summed E-state index contributed by atoms with van der Waals surface area (Å²) < 4.78 is 5.54. The molecule has 1 aromatic carbocycles. The molecule has 2 saturated heterocycles. The fourth-order valence-corrected chi connectivity index (χ4v) is 4.57. The van der Waals surface area contributed by atoms with Crippen molar-refractivity contribution in [1.29, 1.82) is 0 Å². The lowest BCUT2D eigenvalue weighted by molar-refractivity contribution is 0.208. The van der Waals surface area contributed by atoms with Gasteiger partial charge >= 0.3 is 0 Å². The summed E-state index contributed by atoms with van der Waals surface area (Å²) in [4.78, 5) is 9.94. The van der Waals surface area contributed by atoms with Crippen LogP contribution in [0.2, 0.25) is 0 Å². The Bertz CT molecular complexity index is 629. The topological polar surface area (TPSA) is 40.1 Å². The fourth-order valence-electron chi connectivity index (χ4n) is 4.57. The van der Waals surface area contributed by atoms with E-state index in [9.17, 15) is 0 Å². The molecule has 0 aromatic heterocycles. The third-order valence-corrected chi connectivity index (χ3v) is 5.71. The lowest BCUT2D eigenvalue weighted by Crippen LogP contribution is -2.48. The number of benzene rings is 1. The van der Waals surface area contributed by atoms with E-state index in [2.05, 4.69) is 48.0 Å². The number of aliphatic imine (C=N–C) groups is 1. The summed E-state index contributed by atoms with van der Waals surface area (Å²) in [5, 5.41) is 3.52. The smallest absolute Gasteiger partial charge is 0.193 e. The Kier molecular flexibility index (Phi) is 9.18. The molecule has 3 rings (SSSR count). The van der Waals surface area contributed by atoms with Gasteiger partial charge in [0, 0.05) is 39.3 Å². The predicted molar refractivity (Wildman–Crippen MR) is 129 cm³/mol. The molecule has 0 amide bonds. The normalized spacial score (nSPS) is 25.4. The first-order valence-corrected chi connectivity index (χ1v) is 10.5. The van der Waals surface area contributed by atoms with E-state index in [-0.39, 0.29) is 24.0 Å². The maximum atomic E-state index is 5.54. The number of nitrogens with zero attached hydrogens (tertiary/aromatic N) is 3. The Morgan fingerprint density at radius 2 is 1.89 bits per heavy atom. The third kappa shape index (κ3) is 5.91. The van der Waals surface area contributed by atoms with Gasteiger partial charge in [0.25, 0.3) is 0 Å². The second-order valence-corrected chi connectivity index (χ2v) is 8.32. The van der Waals surface area contributed by atoms with E-state index in [1.165, 1.54) is 18.5 Å². The number of ether oxygens (including phenoxy) is 1. The van der Waals surface area contributed by atoms with Gasteiger partial charge in [-0.15, -0.1) is 24.0 Å². The van der Waals surface area contributed by atoms with Gasteiger partial charge < -0.3 is 19.9 Å². The molecule has 28 heavy (non-hydrogen) atoms. The molecule has 0 radical (unpaired) electrons. The maximum Gasteiger partial charge on any atom is 0.193 e. The van der Waals surface area contributed by atoms with Crippen molar-refractivity contribution in [2.75, 3.05) is 51.3 Å². The predicted octanol–water partition coefficient (Wildman–Crippen LogP) is 4.08. The Hall–Kier alpha value is -1.18. The van der Waals surface area contributed by atoms with Crippen molar-refractivity contribution in [2.24, 2.45) is 22.7 Å². The molecule has 2 fully saturated rings. The summed E-state index contributed by atoms with van der Waals surface area (Å²) in [6, 6.07) is 8.32. The minimum atomic E-state index is 0. The maximum absolute atomic E-state index is 5.54. The number of nitrogens with one attached hydrogen (secondary N) is 1. The van der Waals surface area contributed by atoms with Crippen molar-refractivity contribution in [3.8, 4) is 5.75 Å². The van der Waals surface area contributed by atoms with Crippen LogP contribution >= 0.6 is 24.0 Å². The molecule has 3 unspecified atom stereocenters. The highest BCUT2D eigenvalue weighted by Crippen LogP contribution is 2.32. The number of guanidine groups is 1. The summed E-state index contributed by atoms with van der Waals surface area (Å²) in [7, 11) is 1.75. The van der Waals surface area contributed by atoms with Crippen LogP contribution in [0.3, 0.4) is 0 Å². The van der Waals surface area contributed by atoms with Crippen molar-refractivity contribution >= 4 is 35.6 Å². The second-order valence-electron chi connectivity index (χ2n) is 8.32. The van der Waals surface area contributed by atoms with E-state index in [0.29, 0.717) is 5.92 Å². The average molecular weight is 500 g/mol. The monoisotopic (exact) mass is 500 g/mol. The van der Waals surface area contributed by atoms with Crippen LogP contribution in [0.4, 0.5) is 5.69 Å². The van der Waals surface area contributed by atoms with Crippen LogP contribution in [0.15, 0.2) is 29.3 Å². The number of rotatable bonds is 5. The molecule has 2 heterocycles. The average Bonchev–Trinajstić information content (AvgIpc) is 3.13. The number of likely N-dealkylation sites (tertiary alicyclic amines) is 1. The number of piperidine rings is 1. The van der Waals surface area contributed by atoms with Gasteiger partial charge in [0.1, 0.15) is 5.75 Å². The molecule has 3 atom stereocenters. The van der Waals surface area contributed by atoms with Gasteiger partial charge in [-0.25, -0.2) is 0 Å². The van der Waals surface area contributed by atoms with E-state index < -0.39 is 0 Å². The van der Waals surface area contributed by atoms with Crippen LogP contribution in [0.5, 0.6) is 5.75 Å². The van der Waals surface area contributed by atoms with Gasteiger partial charge in [0.15, 0.2) is 5.96 Å². The zero-order valence-corrected chi connectivity index (χ0v) is 20.2. The van der Waals surface area contributed by atoms with E-state index in [4.69, 9.17) is 9.73 Å². The third-order valence-electron chi connectivity index (χ3n) is 5.71. The highest BCUT2D eigenvalue weighted by Gasteiger charge is 2.26. The summed E-state index contributed by atoms with van der Waals surface area (Å²) in [6.07, 6.45) is 2.51. The first kappa shape index (κ1) is 23.1. The summed E-state index contributed by atoms with van der Waals surface area (Å²) in [5.41, 5.74) is 1.21. The summed E-state index contributed by atoms with van der Waals surface area (Å²) in [6.45, 7) is 13.1. The SMILES string of the molecule is CCNC(=NCC1CCN(c2ccccc2OC)C1)N1CC(C)CC(C)C1.I. The molecule has 0 saturated carbocycles. The van der Waals surface area contributed by atoms with E-state index in [0.717, 1.165) is 62.8 Å². The van der Waals surface area contributed by atoms with Gasteiger partial charge in [-0.1, -0.05) is 26.0 Å². The van der Waals surface area contributed by atoms with Crippen LogP contribution in [0.1, 0.15) is 33.6 Å². The van der Waals surface area contributed by atoms with Crippen LogP contribution in [-0.4, -0.2) is 57.2 Å². The first-order valence-electron chi connectivity index (χ1n) is 10.5. The molecule has 0 spiro atoms. The number of hydrogen-bond acceptors (Lipinski definition) is 3. The summed E-state index contributed by atoms with van der Waals surface area (Å²) in [5.74, 6) is 4.15. The first-order chi connectivity index (χ1) is 13.1. The molecular weight excluding hydrogens is 463 g/mol. The minimum Gasteiger partial charge on any atom is -0.495 e. The van der Waals surface area contributed by atoms with Crippen molar-refractivity contribution in [3.63, 3.8) is 0 Å². The van der Waals surface area contributed by atoms with Gasteiger partial charge in [-0.3, -0.25) is 4.99 Å². The highest BCUT2D eigenvalue weighted by molar-refractivity contribution is 14.0. The van der Waals surface area contributed by atoms with Crippen LogP contribution in [0.25, 0.3) is 0 Å². The molecular formula is C22H37IN4O. The Morgan fingerprint density at radius 3 is 2.57 bits per heavy atom. The van der Waals surface area contributed by atoms with Crippen LogP contribution < -0.4 is 15.0 Å². The van der Waals surface area contributed by atoms with Crippen molar-refractivity contribution in [2.45, 2.75) is 33.6 Å². The van der Waals surface area contributed by atoms with Crippen molar-refractivity contribution < 1.29 is 4.74 Å². The Balaban J connectivity index is 0.00000280. The molecule has 2 aliphatic heterocycles. The zero-order chi connectivity index (χ0) is 19.2. The molecule has 5 nitrogen and oxygen atoms in total. The van der Waals surface area contributed by atoms with Gasteiger partial charge in [-0.05, 0) is 49.7 Å². The van der Waals surface area contributed by atoms with Crippen LogP contribution in [-0.2, 0) is 0 Å². The number of hydrogen-bond donors (Lipinski definition) is 1. The lowest BCUT2D eigenvalue weighted by Gasteiger charge is -2.37. The Labute approximate surface area is 187 Å². The molecule has 0 bridgehead atoms. The quantitative estimate of drug-likeness (QED) is 0.376. The van der Waals surface area contributed by atoms with Gasteiger partial charge in [-0.2, -0.15) is 0 Å². The Morgan fingerprint density at radius 1 is 1.18 bits per heavy atom. The number of halogens is 1. The molecule has 1 aromatic rings. The molecule has 6 heteroatoms. The zero-order valence-electron chi connectivity index (χ0n) is 17.9. The van der Waals surface area contributed by atoms with E-state index in [1.807, 2.05) is 12.1 Å². The number of para-hydroxylation sites is 2. The van der Waals surface area contributed by atoms with Gasteiger partial charge in [0.05, 0.1) is 12.8 Å². The standard InChI is InChI=1S/C22H36N4O.HI/c1-5-23-22(26-14-17(2)12-18(3)15-26)24-13-19-10-11-25(16-19)20-8-6-7-9-21(20)27-4;/h6-9,17-19H,5,10-16H2,1-4H3,(H,23,24);1H. The van der Waals surface area contributed by atoms with E-state index >= 15 is 0 Å². The lowest BCUT2D eigenvalue weighted by atomic mass is 9.92. The summed E-state index contributed by atoms with van der Waals surface area (Å²) >= 11 is 0. The highest BCUT2D eigenvalue weighted by atomic mass is 127. The minimum absolute atomic E-state index is 0. The van der Waals surface area contributed by atoms with Crippen molar-refractivity contribution in [3.05, 3.63) is 24.3 Å². The molecule has 1 N–H and O–H groups in total. The second kappa shape index (κ2) is 11.1. The van der Waals surface area contributed by atoms with Crippen LogP contribution in [0, 0.1) is 17.8 Å². The number of anilines is 1. The van der Waals surface area contributed by atoms with E-state index in [1.54, 1.807) is 7.11 Å². The molecule has 0 aliphatic carbocycles.